The second kappa shape index (κ2) is 7.24. The summed E-state index contributed by atoms with van der Waals surface area (Å²) in [5.41, 5.74) is 2.54. The molecule has 0 aliphatic rings. The number of nitrogens with zero attached hydrogens (tertiary/aromatic N) is 1. The largest absolute Gasteiger partial charge is 0.384 e. The highest BCUT2D eigenvalue weighted by Crippen LogP contribution is 2.20. The number of hydrogen-bond donors (Lipinski definition) is 2. The average molecular weight is 370 g/mol. The number of para-hydroxylation sites is 1. The fourth-order valence-electron chi connectivity index (χ4n) is 2.34. The van der Waals surface area contributed by atoms with Crippen LogP contribution < -0.4 is 10.6 Å². The third-order valence-electron chi connectivity index (χ3n) is 3.41. The second-order valence-corrected chi connectivity index (χ2v) is 6.03. The van der Waals surface area contributed by atoms with Gasteiger partial charge in [0, 0.05) is 34.7 Å². The fourth-order valence-corrected chi connectivity index (χ4v) is 2.74. The molecular weight excluding hydrogens is 354 g/mol. The highest BCUT2D eigenvalue weighted by atomic mass is 79.9. The summed E-state index contributed by atoms with van der Waals surface area (Å²) in [6.07, 6.45) is 2.11. The van der Waals surface area contributed by atoms with Crippen molar-refractivity contribution in [2.24, 2.45) is 0 Å². The Kier molecular flexibility index (Phi) is 4.88. The summed E-state index contributed by atoms with van der Waals surface area (Å²) in [6, 6.07) is 17.5. The lowest BCUT2D eigenvalue weighted by molar-refractivity contribution is -0.115. The van der Waals surface area contributed by atoms with Gasteiger partial charge in [-0.25, -0.2) is 0 Å². The maximum atomic E-state index is 12.1. The molecule has 0 aliphatic heterocycles. The second-order valence-electron chi connectivity index (χ2n) is 5.12. The minimum absolute atomic E-state index is 0.0364. The molecule has 1 amide bonds. The maximum absolute atomic E-state index is 12.1. The predicted octanol–water partition coefficient (Wildman–Crippen LogP) is 4.44. The Bertz CT molecular complexity index is 830. The molecule has 0 saturated carbocycles. The molecule has 0 fully saturated rings. The Morgan fingerprint density at radius 1 is 1.09 bits per heavy atom. The minimum atomic E-state index is -0.0364. The van der Waals surface area contributed by atoms with Gasteiger partial charge in [0.2, 0.25) is 5.91 Å². The van der Waals surface area contributed by atoms with Crippen LogP contribution >= 0.6 is 15.9 Å². The molecule has 1 heterocycles. The van der Waals surface area contributed by atoms with Gasteiger partial charge in [-0.3, -0.25) is 9.78 Å². The quantitative estimate of drug-likeness (QED) is 0.698. The number of anilines is 2. The number of amides is 1. The Morgan fingerprint density at radius 2 is 1.91 bits per heavy atom. The molecule has 3 aromatic rings. The van der Waals surface area contributed by atoms with Crippen LogP contribution in [0.5, 0.6) is 0 Å². The zero-order chi connectivity index (χ0) is 16.1. The van der Waals surface area contributed by atoms with Gasteiger partial charge in [0.15, 0.2) is 0 Å². The van der Waals surface area contributed by atoms with E-state index in [4.69, 9.17) is 0 Å². The van der Waals surface area contributed by atoms with Crippen LogP contribution in [0, 0.1) is 0 Å². The molecule has 0 saturated heterocycles. The van der Waals surface area contributed by atoms with Crippen LogP contribution in [0.25, 0.3) is 10.9 Å². The molecule has 23 heavy (non-hydrogen) atoms. The van der Waals surface area contributed by atoms with E-state index in [9.17, 15) is 4.79 Å². The fraction of sp³-hybridized carbons (Fsp3) is 0.111. The molecule has 0 spiro atoms. The van der Waals surface area contributed by atoms with Gasteiger partial charge in [0.05, 0.1) is 11.2 Å². The van der Waals surface area contributed by atoms with Gasteiger partial charge >= 0.3 is 0 Å². The van der Waals surface area contributed by atoms with Gasteiger partial charge in [-0.05, 0) is 30.3 Å². The van der Waals surface area contributed by atoms with Gasteiger partial charge in [-0.15, -0.1) is 0 Å². The van der Waals surface area contributed by atoms with Crippen molar-refractivity contribution in [1.29, 1.82) is 0 Å². The smallest absolute Gasteiger partial charge is 0.226 e. The number of pyridine rings is 1. The average Bonchev–Trinajstić information content (AvgIpc) is 2.55. The van der Waals surface area contributed by atoms with Crippen molar-refractivity contribution in [3.8, 4) is 0 Å². The topological polar surface area (TPSA) is 54.0 Å². The molecule has 2 aromatic carbocycles. The number of hydrogen-bond acceptors (Lipinski definition) is 3. The molecular formula is C18H16BrN3O. The van der Waals surface area contributed by atoms with Crippen LogP contribution in [-0.2, 0) is 4.79 Å². The standard InChI is InChI=1S/C18H16BrN3O/c19-14-6-2-7-15(12-14)20-11-9-17(23)22-16-8-1-4-13-5-3-10-21-18(13)16/h1-8,10,12,20H,9,11H2,(H,22,23). The van der Waals surface area contributed by atoms with Gasteiger partial charge in [-0.2, -0.15) is 0 Å². The molecule has 0 aliphatic carbocycles. The van der Waals surface area contributed by atoms with E-state index in [0.717, 1.165) is 26.8 Å². The lowest BCUT2D eigenvalue weighted by Crippen LogP contribution is -2.16. The molecule has 2 N–H and O–H groups in total. The number of rotatable bonds is 5. The summed E-state index contributed by atoms with van der Waals surface area (Å²) in [5, 5.41) is 7.18. The van der Waals surface area contributed by atoms with Gasteiger partial charge in [-0.1, -0.05) is 40.2 Å². The lowest BCUT2D eigenvalue weighted by atomic mass is 10.2. The van der Waals surface area contributed by atoms with E-state index in [2.05, 4.69) is 31.5 Å². The van der Waals surface area contributed by atoms with Crippen LogP contribution in [0.1, 0.15) is 6.42 Å². The SMILES string of the molecule is O=C(CCNc1cccc(Br)c1)Nc1cccc2cccnc12. The summed E-state index contributed by atoms with van der Waals surface area (Å²) in [4.78, 5) is 16.5. The van der Waals surface area contributed by atoms with Crippen LogP contribution in [0.15, 0.2) is 65.3 Å². The summed E-state index contributed by atoms with van der Waals surface area (Å²) in [5.74, 6) is -0.0364. The monoisotopic (exact) mass is 369 g/mol. The summed E-state index contributed by atoms with van der Waals surface area (Å²) < 4.78 is 1.01. The van der Waals surface area contributed by atoms with Crippen molar-refractivity contribution in [3.05, 3.63) is 65.3 Å². The molecule has 3 rings (SSSR count). The third-order valence-corrected chi connectivity index (χ3v) is 3.91. The number of halogens is 1. The molecule has 5 heteroatoms. The first-order valence-electron chi connectivity index (χ1n) is 7.35. The number of carbonyl (C=O) groups is 1. The highest BCUT2D eigenvalue weighted by molar-refractivity contribution is 9.10. The zero-order valence-corrected chi connectivity index (χ0v) is 14.0. The number of benzene rings is 2. The van der Waals surface area contributed by atoms with E-state index < -0.39 is 0 Å². The molecule has 0 atom stereocenters. The van der Waals surface area contributed by atoms with Crippen molar-refractivity contribution in [1.82, 2.24) is 4.98 Å². The van der Waals surface area contributed by atoms with E-state index in [1.54, 1.807) is 6.20 Å². The van der Waals surface area contributed by atoms with Crippen molar-refractivity contribution in [2.45, 2.75) is 6.42 Å². The van der Waals surface area contributed by atoms with Crippen LogP contribution in [0.3, 0.4) is 0 Å². The summed E-state index contributed by atoms with van der Waals surface area (Å²) in [6.45, 7) is 0.570. The lowest BCUT2D eigenvalue weighted by Gasteiger charge is -2.09. The molecule has 0 unspecified atom stereocenters. The van der Waals surface area contributed by atoms with Crippen molar-refractivity contribution < 1.29 is 4.79 Å². The van der Waals surface area contributed by atoms with Crippen LogP contribution in [-0.4, -0.2) is 17.4 Å². The van der Waals surface area contributed by atoms with E-state index in [0.29, 0.717) is 13.0 Å². The third kappa shape index (κ3) is 4.07. The first kappa shape index (κ1) is 15.5. The van der Waals surface area contributed by atoms with E-state index in [-0.39, 0.29) is 5.91 Å². The molecule has 0 radical (unpaired) electrons. The van der Waals surface area contributed by atoms with E-state index in [1.807, 2.05) is 54.6 Å². The van der Waals surface area contributed by atoms with Gasteiger partial charge < -0.3 is 10.6 Å². The van der Waals surface area contributed by atoms with Crippen molar-refractivity contribution in [2.75, 3.05) is 17.2 Å². The Hall–Kier alpha value is -2.40. The first-order valence-corrected chi connectivity index (χ1v) is 8.15. The number of nitrogens with one attached hydrogen (secondary N) is 2. The van der Waals surface area contributed by atoms with Crippen LogP contribution in [0.4, 0.5) is 11.4 Å². The van der Waals surface area contributed by atoms with Crippen molar-refractivity contribution >= 4 is 44.1 Å². The molecule has 4 nitrogen and oxygen atoms in total. The van der Waals surface area contributed by atoms with Gasteiger partial charge in [0.1, 0.15) is 0 Å². The number of aromatic nitrogens is 1. The van der Waals surface area contributed by atoms with Gasteiger partial charge in [0.25, 0.3) is 0 Å². The normalized spacial score (nSPS) is 10.5. The number of fused-ring (bicyclic) bond motifs is 1. The zero-order valence-electron chi connectivity index (χ0n) is 12.4. The summed E-state index contributed by atoms with van der Waals surface area (Å²) >= 11 is 3.42. The summed E-state index contributed by atoms with van der Waals surface area (Å²) in [7, 11) is 0. The Morgan fingerprint density at radius 3 is 2.78 bits per heavy atom. The first-order chi connectivity index (χ1) is 11.2. The van der Waals surface area contributed by atoms with Crippen molar-refractivity contribution in [3.63, 3.8) is 0 Å². The predicted molar refractivity (Wildman–Crippen MR) is 97.6 cm³/mol. The van der Waals surface area contributed by atoms with E-state index >= 15 is 0 Å². The molecule has 1 aromatic heterocycles. The Balaban J connectivity index is 1.59. The number of carbonyl (C=O) groups excluding carboxylic acids is 1. The molecule has 0 bridgehead atoms. The molecule has 116 valence electrons. The maximum Gasteiger partial charge on any atom is 0.226 e. The van der Waals surface area contributed by atoms with E-state index in [1.165, 1.54) is 0 Å². The Labute approximate surface area is 143 Å². The highest BCUT2D eigenvalue weighted by Gasteiger charge is 2.06. The minimum Gasteiger partial charge on any atom is -0.384 e. The van der Waals surface area contributed by atoms with Crippen LogP contribution in [0.2, 0.25) is 0 Å².